The van der Waals surface area contributed by atoms with Gasteiger partial charge in [0.1, 0.15) is 11.4 Å². The first-order valence-corrected chi connectivity index (χ1v) is 6.93. The zero-order valence-corrected chi connectivity index (χ0v) is 13.2. The van der Waals surface area contributed by atoms with E-state index in [1.807, 2.05) is 46.8 Å². The van der Waals surface area contributed by atoms with Crippen molar-refractivity contribution in [3.8, 4) is 5.75 Å². The summed E-state index contributed by atoms with van der Waals surface area (Å²) in [5.74, 6) is 1.33. The van der Waals surface area contributed by atoms with Gasteiger partial charge < -0.3 is 9.84 Å². The maximum Gasteiger partial charge on any atom is 0.115 e. The van der Waals surface area contributed by atoms with E-state index in [1.165, 1.54) is 0 Å². The topological polar surface area (TPSA) is 29.5 Å². The molecule has 0 spiro atoms. The van der Waals surface area contributed by atoms with E-state index in [4.69, 9.17) is 4.74 Å². The number of aromatic hydroxyl groups is 1. The van der Waals surface area contributed by atoms with E-state index in [-0.39, 0.29) is 11.5 Å². The molecule has 2 heteroatoms. The fraction of sp³-hybridized carbons (Fsp3) is 0.529. The molecule has 0 bridgehead atoms. The van der Waals surface area contributed by atoms with Crippen molar-refractivity contribution in [2.75, 3.05) is 0 Å². The smallest absolute Gasteiger partial charge is 0.115 e. The van der Waals surface area contributed by atoms with E-state index in [0.717, 1.165) is 17.7 Å². The summed E-state index contributed by atoms with van der Waals surface area (Å²) in [7, 11) is 0. The molecule has 2 nitrogen and oxygen atoms in total. The molecule has 0 aromatic heterocycles. The summed E-state index contributed by atoms with van der Waals surface area (Å²) in [4.78, 5) is 0. The van der Waals surface area contributed by atoms with Crippen molar-refractivity contribution in [1.82, 2.24) is 0 Å². The molecule has 0 aliphatic carbocycles. The highest BCUT2D eigenvalue weighted by Gasteiger charge is 2.17. The zero-order chi connectivity index (χ0) is 15.1. The summed E-state index contributed by atoms with van der Waals surface area (Å²) in [5.41, 5.74) is 0.889. The van der Waals surface area contributed by atoms with Crippen LogP contribution in [0, 0.1) is 5.92 Å². The molecule has 108 valence electrons. The molecule has 0 saturated heterocycles. The SMILES string of the molecule is C=C(OC(C)(C)C)C(C)Cc1cccc(O)c1.CC. The normalized spacial score (nSPS) is 12.1. The third kappa shape index (κ3) is 7.55. The zero-order valence-electron chi connectivity index (χ0n) is 13.2. The van der Waals surface area contributed by atoms with E-state index < -0.39 is 0 Å². The van der Waals surface area contributed by atoms with Gasteiger partial charge in [-0.3, -0.25) is 0 Å². The average Bonchev–Trinajstić information content (AvgIpc) is 2.29. The number of ether oxygens (including phenoxy) is 1. The Bertz CT molecular complexity index is 388. The van der Waals surface area contributed by atoms with Crippen LogP contribution in [-0.2, 0) is 11.2 Å². The van der Waals surface area contributed by atoms with Crippen LogP contribution >= 0.6 is 0 Å². The Balaban J connectivity index is 0.00000154. The highest BCUT2D eigenvalue weighted by atomic mass is 16.5. The first-order chi connectivity index (χ1) is 8.78. The lowest BCUT2D eigenvalue weighted by Crippen LogP contribution is -2.21. The fourth-order valence-electron chi connectivity index (χ4n) is 1.64. The second kappa shape index (κ2) is 7.88. The fourth-order valence-corrected chi connectivity index (χ4v) is 1.64. The lowest BCUT2D eigenvalue weighted by molar-refractivity contribution is 0.0368. The van der Waals surface area contributed by atoms with E-state index >= 15 is 0 Å². The van der Waals surface area contributed by atoms with Crippen LogP contribution in [0.15, 0.2) is 36.6 Å². The summed E-state index contributed by atoms with van der Waals surface area (Å²) >= 11 is 0. The first-order valence-electron chi connectivity index (χ1n) is 6.93. The summed E-state index contributed by atoms with van der Waals surface area (Å²) in [6.07, 6.45) is 0.823. The summed E-state index contributed by atoms with van der Waals surface area (Å²) in [6.45, 7) is 16.1. The molecule has 1 aromatic carbocycles. The highest BCUT2D eigenvalue weighted by molar-refractivity contribution is 5.27. The summed E-state index contributed by atoms with van der Waals surface area (Å²) in [6, 6.07) is 7.31. The Morgan fingerprint density at radius 3 is 2.37 bits per heavy atom. The van der Waals surface area contributed by atoms with Gasteiger partial charge in [0.2, 0.25) is 0 Å². The lowest BCUT2D eigenvalue weighted by Gasteiger charge is -2.26. The average molecular weight is 264 g/mol. The molecule has 0 radical (unpaired) electrons. The van der Waals surface area contributed by atoms with E-state index in [2.05, 4.69) is 13.5 Å². The Morgan fingerprint density at radius 1 is 1.32 bits per heavy atom. The number of phenolic OH excluding ortho intramolecular Hbond substituents is 1. The van der Waals surface area contributed by atoms with Crippen LogP contribution in [-0.4, -0.2) is 10.7 Å². The highest BCUT2D eigenvalue weighted by Crippen LogP contribution is 2.23. The van der Waals surface area contributed by atoms with Gasteiger partial charge in [-0.05, 0) is 44.9 Å². The summed E-state index contributed by atoms with van der Waals surface area (Å²) < 4.78 is 5.74. The third-order valence-electron chi connectivity index (χ3n) is 2.44. The molecule has 1 unspecified atom stereocenters. The van der Waals surface area contributed by atoms with Crippen LogP contribution in [0.25, 0.3) is 0 Å². The van der Waals surface area contributed by atoms with Crippen molar-refractivity contribution in [2.45, 2.75) is 53.6 Å². The Kier molecular flexibility index (Phi) is 7.28. The Labute approximate surface area is 118 Å². The van der Waals surface area contributed by atoms with Gasteiger partial charge in [-0.25, -0.2) is 0 Å². The van der Waals surface area contributed by atoms with Gasteiger partial charge in [0, 0.05) is 5.92 Å². The van der Waals surface area contributed by atoms with Crippen molar-refractivity contribution in [2.24, 2.45) is 5.92 Å². The predicted molar refractivity (Wildman–Crippen MR) is 82.3 cm³/mol. The van der Waals surface area contributed by atoms with Gasteiger partial charge >= 0.3 is 0 Å². The number of allylic oxidation sites excluding steroid dienone is 1. The third-order valence-corrected chi connectivity index (χ3v) is 2.44. The first kappa shape index (κ1) is 17.6. The monoisotopic (exact) mass is 264 g/mol. The van der Waals surface area contributed by atoms with Crippen LogP contribution in [0.4, 0.5) is 0 Å². The Morgan fingerprint density at radius 2 is 1.89 bits per heavy atom. The van der Waals surface area contributed by atoms with Crippen LogP contribution in [0.2, 0.25) is 0 Å². The largest absolute Gasteiger partial charge is 0.508 e. The maximum atomic E-state index is 9.40. The predicted octanol–water partition coefficient (Wildman–Crippen LogP) is 4.93. The van der Waals surface area contributed by atoms with Crippen LogP contribution in [0.3, 0.4) is 0 Å². The molecule has 0 amide bonds. The van der Waals surface area contributed by atoms with E-state index in [0.29, 0.717) is 5.75 Å². The maximum absolute atomic E-state index is 9.40. The van der Waals surface area contributed by atoms with E-state index in [9.17, 15) is 5.11 Å². The van der Waals surface area contributed by atoms with Gasteiger partial charge in [-0.15, -0.1) is 0 Å². The van der Waals surface area contributed by atoms with Crippen LogP contribution < -0.4 is 0 Å². The minimum absolute atomic E-state index is 0.204. The van der Waals surface area contributed by atoms with Crippen molar-refractivity contribution in [1.29, 1.82) is 0 Å². The Hall–Kier alpha value is -1.44. The van der Waals surface area contributed by atoms with Gasteiger partial charge in [0.15, 0.2) is 0 Å². The van der Waals surface area contributed by atoms with Crippen molar-refractivity contribution in [3.63, 3.8) is 0 Å². The van der Waals surface area contributed by atoms with Crippen LogP contribution in [0.1, 0.15) is 47.1 Å². The minimum Gasteiger partial charge on any atom is -0.508 e. The molecule has 0 heterocycles. The summed E-state index contributed by atoms with van der Waals surface area (Å²) in [5, 5.41) is 9.40. The molecule has 0 aliphatic rings. The molecule has 19 heavy (non-hydrogen) atoms. The van der Waals surface area contributed by atoms with Gasteiger partial charge in [-0.1, -0.05) is 39.5 Å². The number of hydrogen-bond donors (Lipinski definition) is 1. The molecular formula is C17H28O2. The van der Waals surface area contributed by atoms with Gasteiger partial charge in [0.05, 0.1) is 5.76 Å². The number of benzene rings is 1. The molecule has 0 aliphatic heterocycles. The molecule has 0 fully saturated rings. The van der Waals surface area contributed by atoms with Gasteiger partial charge in [-0.2, -0.15) is 0 Å². The second-order valence-electron chi connectivity index (χ2n) is 5.46. The van der Waals surface area contributed by atoms with Crippen molar-refractivity contribution < 1.29 is 9.84 Å². The van der Waals surface area contributed by atoms with Crippen molar-refractivity contribution >= 4 is 0 Å². The number of hydrogen-bond acceptors (Lipinski definition) is 2. The quantitative estimate of drug-likeness (QED) is 0.782. The van der Waals surface area contributed by atoms with E-state index in [1.54, 1.807) is 12.1 Å². The lowest BCUT2D eigenvalue weighted by atomic mass is 9.99. The second-order valence-corrected chi connectivity index (χ2v) is 5.46. The van der Waals surface area contributed by atoms with Crippen molar-refractivity contribution in [3.05, 3.63) is 42.2 Å². The molecule has 1 atom stereocenters. The van der Waals surface area contributed by atoms with Gasteiger partial charge in [0.25, 0.3) is 0 Å². The standard InChI is InChI=1S/C15H22O2.C2H6/c1-11(12(2)17-15(3,4)5)9-13-7-6-8-14(16)10-13;1-2/h6-8,10-11,16H,2,9H2,1,3-5H3;1-2H3. The molecule has 1 rings (SSSR count). The molecule has 1 N–H and O–H groups in total. The molecule has 1 aromatic rings. The molecular weight excluding hydrogens is 236 g/mol. The number of rotatable bonds is 4. The molecule has 0 saturated carbocycles. The van der Waals surface area contributed by atoms with Crippen LogP contribution in [0.5, 0.6) is 5.75 Å². The number of phenols is 1. The minimum atomic E-state index is -0.204.